The number of benzene rings is 1. The topological polar surface area (TPSA) is 41.1 Å². The van der Waals surface area contributed by atoms with Crippen molar-refractivity contribution in [2.75, 3.05) is 0 Å². The molecule has 0 unspecified atom stereocenters. The molecule has 3 nitrogen and oxygen atoms in total. The van der Waals surface area contributed by atoms with Crippen LogP contribution in [0.4, 0.5) is 0 Å². The van der Waals surface area contributed by atoms with E-state index in [0.717, 1.165) is 13.0 Å². The summed E-state index contributed by atoms with van der Waals surface area (Å²) in [4.78, 5) is 13.5. The molecular weight excluding hydrogens is 268 g/mol. The van der Waals surface area contributed by atoms with Crippen molar-refractivity contribution in [2.24, 2.45) is 0 Å². The number of hydrogen-bond acceptors (Lipinski definition) is 3. The van der Waals surface area contributed by atoms with Gasteiger partial charge in [-0.3, -0.25) is 4.79 Å². The fourth-order valence-electron chi connectivity index (χ4n) is 2.56. The van der Waals surface area contributed by atoms with Crippen molar-refractivity contribution >= 4 is 17.2 Å². The number of carbonyl (C=O) groups is 1. The summed E-state index contributed by atoms with van der Waals surface area (Å²) in [7, 11) is 0. The van der Waals surface area contributed by atoms with Crippen LogP contribution in [0.2, 0.25) is 0 Å². The second-order valence-corrected chi connectivity index (χ2v) is 6.13. The summed E-state index contributed by atoms with van der Waals surface area (Å²) in [6.45, 7) is 2.79. The highest BCUT2D eigenvalue weighted by Crippen LogP contribution is 2.20. The van der Waals surface area contributed by atoms with Crippen LogP contribution in [0.3, 0.4) is 0 Å². The van der Waals surface area contributed by atoms with E-state index in [2.05, 4.69) is 28.8 Å². The highest BCUT2D eigenvalue weighted by Gasteiger charge is 2.25. The number of fused-ring (bicyclic) bond motifs is 1. The van der Waals surface area contributed by atoms with Crippen LogP contribution in [0.15, 0.2) is 41.8 Å². The largest absolute Gasteiger partial charge is 0.347 e. The summed E-state index contributed by atoms with van der Waals surface area (Å²) in [6.07, 6.45) is 0.763. The molecule has 4 heteroatoms. The second kappa shape index (κ2) is 5.77. The summed E-state index contributed by atoms with van der Waals surface area (Å²) in [5.41, 5.74) is 2.57. The predicted molar refractivity (Wildman–Crippen MR) is 81.7 cm³/mol. The molecular formula is C16H18N2OS. The molecule has 0 saturated carbocycles. The van der Waals surface area contributed by atoms with E-state index in [1.807, 2.05) is 30.5 Å². The number of amides is 1. The number of nitrogens with one attached hydrogen (secondary N) is 2. The van der Waals surface area contributed by atoms with Gasteiger partial charge < -0.3 is 10.6 Å². The lowest BCUT2D eigenvalue weighted by Crippen LogP contribution is -2.48. The van der Waals surface area contributed by atoms with E-state index in [4.69, 9.17) is 0 Å². The van der Waals surface area contributed by atoms with Gasteiger partial charge in [0.2, 0.25) is 5.91 Å². The van der Waals surface area contributed by atoms with Crippen molar-refractivity contribution in [1.82, 2.24) is 10.6 Å². The Kier molecular flexibility index (Phi) is 3.85. The van der Waals surface area contributed by atoms with Crippen LogP contribution in [0.5, 0.6) is 0 Å². The van der Waals surface area contributed by atoms with Crippen LogP contribution < -0.4 is 10.6 Å². The molecule has 2 aromatic rings. The zero-order chi connectivity index (χ0) is 13.9. The van der Waals surface area contributed by atoms with Crippen molar-refractivity contribution < 1.29 is 4.79 Å². The Bertz CT molecular complexity index is 594. The number of rotatable bonds is 3. The van der Waals surface area contributed by atoms with E-state index in [1.165, 1.54) is 16.0 Å². The SMILES string of the molecule is C[C@H](NC(=O)[C@H]1Cc2ccccc2CN1)c1cccs1. The fourth-order valence-corrected chi connectivity index (χ4v) is 3.30. The molecule has 20 heavy (non-hydrogen) atoms. The molecule has 0 spiro atoms. The third kappa shape index (κ3) is 2.76. The zero-order valence-corrected chi connectivity index (χ0v) is 12.2. The predicted octanol–water partition coefficient (Wildman–Crippen LogP) is 2.64. The van der Waals surface area contributed by atoms with Crippen LogP contribution in [-0.2, 0) is 17.8 Å². The highest BCUT2D eigenvalue weighted by molar-refractivity contribution is 7.10. The van der Waals surface area contributed by atoms with Crippen molar-refractivity contribution in [3.8, 4) is 0 Å². The van der Waals surface area contributed by atoms with Gasteiger partial charge in [0.15, 0.2) is 0 Å². The van der Waals surface area contributed by atoms with Crippen molar-refractivity contribution in [2.45, 2.75) is 32.0 Å². The molecule has 0 fully saturated rings. The Morgan fingerprint density at radius 1 is 1.30 bits per heavy atom. The molecule has 2 atom stereocenters. The average Bonchev–Trinajstić information content (AvgIpc) is 3.01. The molecule has 0 radical (unpaired) electrons. The van der Waals surface area contributed by atoms with Gasteiger partial charge in [-0.25, -0.2) is 0 Å². The molecule has 2 heterocycles. The Balaban J connectivity index is 1.64. The molecule has 1 aromatic heterocycles. The molecule has 1 aliphatic heterocycles. The third-order valence-corrected chi connectivity index (χ3v) is 4.78. The standard InChI is InChI=1S/C16H18N2OS/c1-11(15-7-4-8-20-15)18-16(19)14-9-12-5-2-3-6-13(12)10-17-14/h2-8,11,14,17H,9-10H2,1H3,(H,18,19)/t11-,14+/m0/s1. The Hall–Kier alpha value is -1.65. The maximum Gasteiger partial charge on any atom is 0.237 e. The van der Waals surface area contributed by atoms with E-state index >= 15 is 0 Å². The van der Waals surface area contributed by atoms with E-state index in [9.17, 15) is 4.79 Å². The lowest BCUT2D eigenvalue weighted by atomic mass is 9.95. The zero-order valence-electron chi connectivity index (χ0n) is 11.4. The van der Waals surface area contributed by atoms with Gasteiger partial charge in [-0.15, -0.1) is 11.3 Å². The lowest BCUT2D eigenvalue weighted by Gasteiger charge is -2.26. The Morgan fingerprint density at radius 2 is 2.10 bits per heavy atom. The first-order valence-corrected chi connectivity index (χ1v) is 7.76. The Morgan fingerprint density at radius 3 is 2.85 bits per heavy atom. The van der Waals surface area contributed by atoms with E-state index in [0.29, 0.717) is 0 Å². The van der Waals surface area contributed by atoms with Crippen LogP contribution in [-0.4, -0.2) is 11.9 Å². The maximum absolute atomic E-state index is 12.3. The third-order valence-electron chi connectivity index (χ3n) is 3.73. The van der Waals surface area contributed by atoms with Crippen LogP contribution in [0, 0.1) is 0 Å². The second-order valence-electron chi connectivity index (χ2n) is 5.15. The molecule has 0 aliphatic carbocycles. The van der Waals surface area contributed by atoms with Crippen LogP contribution in [0.25, 0.3) is 0 Å². The first-order chi connectivity index (χ1) is 9.74. The quantitative estimate of drug-likeness (QED) is 0.910. The van der Waals surface area contributed by atoms with Gasteiger partial charge in [-0.05, 0) is 35.9 Å². The van der Waals surface area contributed by atoms with Gasteiger partial charge in [-0.1, -0.05) is 30.3 Å². The summed E-state index contributed by atoms with van der Waals surface area (Å²) in [5, 5.41) is 8.44. The van der Waals surface area contributed by atoms with Gasteiger partial charge in [0.1, 0.15) is 0 Å². The van der Waals surface area contributed by atoms with Crippen molar-refractivity contribution in [1.29, 1.82) is 0 Å². The molecule has 1 amide bonds. The minimum atomic E-state index is -0.132. The van der Waals surface area contributed by atoms with Crippen LogP contribution in [0.1, 0.15) is 29.0 Å². The summed E-state index contributed by atoms with van der Waals surface area (Å²) >= 11 is 1.67. The first-order valence-electron chi connectivity index (χ1n) is 6.88. The van der Waals surface area contributed by atoms with Gasteiger partial charge in [0.25, 0.3) is 0 Å². The molecule has 0 bridgehead atoms. The molecule has 3 rings (SSSR count). The smallest absolute Gasteiger partial charge is 0.237 e. The lowest BCUT2D eigenvalue weighted by molar-refractivity contribution is -0.123. The average molecular weight is 286 g/mol. The van der Waals surface area contributed by atoms with Crippen molar-refractivity contribution in [3.05, 3.63) is 57.8 Å². The van der Waals surface area contributed by atoms with Crippen molar-refractivity contribution in [3.63, 3.8) is 0 Å². The summed E-state index contributed by atoms with van der Waals surface area (Å²) < 4.78 is 0. The fraction of sp³-hybridized carbons (Fsp3) is 0.312. The van der Waals surface area contributed by atoms with E-state index in [1.54, 1.807) is 11.3 Å². The van der Waals surface area contributed by atoms with Crippen LogP contribution >= 0.6 is 11.3 Å². The van der Waals surface area contributed by atoms with Gasteiger partial charge in [0, 0.05) is 11.4 Å². The van der Waals surface area contributed by atoms with Gasteiger partial charge >= 0.3 is 0 Å². The molecule has 2 N–H and O–H groups in total. The first kappa shape index (κ1) is 13.3. The van der Waals surface area contributed by atoms with E-state index in [-0.39, 0.29) is 18.0 Å². The highest BCUT2D eigenvalue weighted by atomic mass is 32.1. The monoisotopic (exact) mass is 286 g/mol. The molecule has 1 aliphatic rings. The maximum atomic E-state index is 12.3. The molecule has 0 saturated heterocycles. The Labute approximate surface area is 123 Å². The number of hydrogen-bond donors (Lipinski definition) is 2. The van der Waals surface area contributed by atoms with E-state index < -0.39 is 0 Å². The van der Waals surface area contributed by atoms with Gasteiger partial charge in [-0.2, -0.15) is 0 Å². The molecule has 104 valence electrons. The normalized spacial score (nSPS) is 19.1. The minimum absolute atomic E-state index is 0.0708. The summed E-state index contributed by atoms with van der Waals surface area (Å²) in [6, 6.07) is 12.3. The number of thiophene rings is 1. The summed E-state index contributed by atoms with van der Waals surface area (Å²) in [5.74, 6) is 0.0837. The minimum Gasteiger partial charge on any atom is -0.347 e. The number of carbonyl (C=O) groups excluding carboxylic acids is 1. The van der Waals surface area contributed by atoms with Gasteiger partial charge in [0.05, 0.1) is 12.1 Å². The molecule has 1 aromatic carbocycles.